The van der Waals surface area contributed by atoms with E-state index in [1.807, 2.05) is 85.1 Å². The fraction of sp³-hybridized carbons (Fsp3) is 0. The van der Waals surface area contributed by atoms with E-state index in [-0.39, 0.29) is 0 Å². The number of hydrogen-bond donors (Lipinski definition) is 0. The van der Waals surface area contributed by atoms with E-state index in [1.165, 1.54) is 11.1 Å². The third kappa shape index (κ3) is 6.24. The van der Waals surface area contributed by atoms with Crippen LogP contribution in [0.25, 0.3) is 101 Å². The Balaban J connectivity index is 1.01. The second-order valence-corrected chi connectivity index (χ2v) is 13.5. The average Bonchev–Trinajstić information content (AvgIpc) is 3.66. The molecule has 5 heteroatoms. The van der Waals surface area contributed by atoms with E-state index < -0.39 is 0 Å². The van der Waals surface area contributed by atoms with Gasteiger partial charge in [-0.3, -0.25) is 4.98 Å². The summed E-state index contributed by atoms with van der Waals surface area (Å²) in [4.78, 5) is 19.7. The second kappa shape index (κ2) is 13.8. The zero-order valence-electron chi connectivity index (χ0n) is 29.7. The predicted molar refractivity (Wildman–Crippen MR) is 223 cm³/mol. The first kappa shape index (κ1) is 32.2. The van der Waals surface area contributed by atoms with Crippen molar-refractivity contribution >= 4 is 21.9 Å². The molecule has 55 heavy (non-hydrogen) atoms. The normalized spacial score (nSPS) is 11.3. The molecule has 0 fully saturated rings. The number of fused-ring (bicyclic) bond motifs is 3. The van der Waals surface area contributed by atoms with Gasteiger partial charge in [-0.2, -0.15) is 0 Å². The number of aromatic nitrogens is 4. The van der Waals surface area contributed by atoms with Crippen LogP contribution in [-0.2, 0) is 0 Å². The second-order valence-electron chi connectivity index (χ2n) is 13.5. The lowest BCUT2D eigenvalue weighted by Gasteiger charge is -2.10. The average molecular weight is 705 g/mol. The van der Waals surface area contributed by atoms with Crippen LogP contribution in [0.3, 0.4) is 0 Å². The molecule has 10 aromatic rings. The Bertz CT molecular complexity index is 2880. The van der Waals surface area contributed by atoms with Crippen molar-refractivity contribution in [1.29, 1.82) is 0 Å². The van der Waals surface area contributed by atoms with Gasteiger partial charge >= 0.3 is 0 Å². The Hall–Kier alpha value is -7.50. The minimum atomic E-state index is 0.620. The smallest absolute Gasteiger partial charge is 0.164 e. The highest BCUT2D eigenvalue weighted by Crippen LogP contribution is 2.39. The maximum Gasteiger partial charge on any atom is 0.164 e. The van der Waals surface area contributed by atoms with Gasteiger partial charge in [-0.1, -0.05) is 158 Å². The molecule has 0 unspecified atom stereocenters. The molecular formula is C50H32N4O. The molecule has 0 radical (unpaired) electrons. The van der Waals surface area contributed by atoms with Gasteiger partial charge in [0.15, 0.2) is 17.5 Å². The first-order valence-corrected chi connectivity index (χ1v) is 18.3. The van der Waals surface area contributed by atoms with Crippen LogP contribution in [0.15, 0.2) is 199 Å². The zero-order valence-corrected chi connectivity index (χ0v) is 29.7. The minimum Gasteiger partial charge on any atom is -0.456 e. The molecule has 0 atom stereocenters. The number of pyridine rings is 1. The van der Waals surface area contributed by atoms with Gasteiger partial charge in [0.1, 0.15) is 11.2 Å². The van der Waals surface area contributed by atoms with Crippen molar-refractivity contribution in [3.8, 4) is 78.8 Å². The summed E-state index contributed by atoms with van der Waals surface area (Å²) in [7, 11) is 0. The quantitative estimate of drug-likeness (QED) is 0.165. The largest absolute Gasteiger partial charge is 0.456 e. The summed E-state index contributed by atoms with van der Waals surface area (Å²) in [5.74, 6) is 1.89. The number of benzene rings is 7. The molecule has 0 aliphatic carbocycles. The van der Waals surface area contributed by atoms with Crippen LogP contribution in [0.5, 0.6) is 0 Å². The number of furan rings is 1. The summed E-state index contributed by atoms with van der Waals surface area (Å²) in [5.41, 5.74) is 13.1. The van der Waals surface area contributed by atoms with Crippen LogP contribution in [0, 0.1) is 0 Å². The van der Waals surface area contributed by atoms with Gasteiger partial charge in [0.2, 0.25) is 0 Å². The van der Waals surface area contributed by atoms with Crippen LogP contribution in [-0.4, -0.2) is 19.9 Å². The van der Waals surface area contributed by atoms with E-state index in [1.54, 1.807) is 0 Å². The number of rotatable bonds is 7. The van der Waals surface area contributed by atoms with Crippen molar-refractivity contribution in [3.63, 3.8) is 0 Å². The lowest BCUT2D eigenvalue weighted by Crippen LogP contribution is -2.00. The topological polar surface area (TPSA) is 64.7 Å². The van der Waals surface area contributed by atoms with Gasteiger partial charge < -0.3 is 4.42 Å². The van der Waals surface area contributed by atoms with E-state index in [2.05, 4.69) is 109 Å². The van der Waals surface area contributed by atoms with Gasteiger partial charge in [0.25, 0.3) is 0 Å². The Kier molecular flexibility index (Phi) is 8.08. The van der Waals surface area contributed by atoms with Crippen LogP contribution < -0.4 is 0 Å². The highest BCUT2D eigenvalue weighted by Gasteiger charge is 2.16. The van der Waals surface area contributed by atoms with Crippen molar-refractivity contribution in [1.82, 2.24) is 19.9 Å². The maximum atomic E-state index is 6.40. The summed E-state index contributed by atoms with van der Waals surface area (Å²) < 4.78 is 6.40. The van der Waals surface area contributed by atoms with Gasteiger partial charge in [-0.05, 0) is 58.1 Å². The molecule has 3 heterocycles. The lowest BCUT2D eigenvalue weighted by atomic mass is 9.97. The molecule has 0 bridgehead atoms. The summed E-state index contributed by atoms with van der Waals surface area (Å²) in [6.45, 7) is 0. The Morgan fingerprint density at radius 2 is 0.836 bits per heavy atom. The van der Waals surface area contributed by atoms with Gasteiger partial charge in [-0.15, -0.1) is 0 Å². The molecule has 0 aliphatic rings. The molecule has 0 aliphatic heterocycles. The maximum absolute atomic E-state index is 6.40. The number of hydrogen-bond acceptors (Lipinski definition) is 5. The summed E-state index contributed by atoms with van der Waals surface area (Å²) in [5, 5.41) is 2.11. The first-order valence-electron chi connectivity index (χ1n) is 18.3. The molecule has 5 nitrogen and oxygen atoms in total. The molecule has 7 aromatic carbocycles. The Morgan fingerprint density at radius 3 is 1.49 bits per heavy atom. The molecule has 0 spiro atoms. The first-order chi connectivity index (χ1) is 27.2. The zero-order chi connectivity index (χ0) is 36.6. The molecule has 0 saturated heterocycles. The fourth-order valence-electron chi connectivity index (χ4n) is 7.21. The fourth-order valence-corrected chi connectivity index (χ4v) is 7.21. The van der Waals surface area contributed by atoms with E-state index in [4.69, 9.17) is 24.4 Å². The van der Waals surface area contributed by atoms with E-state index in [0.717, 1.165) is 72.1 Å². The van der Waals surface area contributed by atoms with Crippen molar-refractivity contribution in [3.05, 3.63) is 194 Å². The van der Waals surface area contributed by atoms with Crippen molar-refractivity contribution in [2.24, 2.45) is 0 Å². The summed E-state index contributed by atoms with van der Waals surface area (Å²) >= 11 is 0. The van der Waals surface area contributed by atoms with Gasteiger partial charge in [0, 0.05) is 44.8 Å². The van der Waals surface area contributed by atoms with Gasteiger partial charge in [-0.25, -0.2) is 15.0 Å². The van der Waals surface area contributed by atoms with Crippen molar-refractivity contribution < 1.29 is 4.42 Å². The van der Waals surface area contributed by atoms with E-state index in [0.29, 0.717) is 17.5 Å². The van der Waals surface area contributed by atoms with Crippen molar-refractivity contribution in [2.75, 3.05) is 0 Å². The van der Waals surface area contributed by atoms with Crippen LogP contribution in [0.2, 0.25) is 0 Å². The minimum absolute atomic E-state index is 0.620. The molecule has 0 saturated carbocycles. The Labute approximate surface area is 318 Å². The van der Waals surface area contributed by atoms with Crippen LogP contribution in [0.4, 0.5) is 0 Å². The summed E-state index contributed by atoms with van der Waals surface area (Å²) in [6.07, 6.45) is 1.96. The molecule has 258 valence electrons. The third-order valence-electron chi connectivity index (χ3n) is 10.0. The Morgan fingerprint density at radius 1 is 0.327 bits per heavy atom. The lowest BCUT2D eigenvalue weighted by molar-refractivity contribution is 0.669. The predicted octanol–water partition coefficient (Wildman–Crippen LogP) is 12.8. The van der Waals surface area contributed by atoms with Gasteiger partial charge in [0.05, 0.1) is 5.69 Å². The SMILES string of the molecule is c1ccc(-c2ccc(-c3ccc(-c4cccc5oc6ccc(-c7cccc(-c8nc(-c9ccccc9)nc(-c9ccccc9)n8)c7)cc6c45)cn3)cc2)cc1. The van der Waals surface area contributed by atoms with E-state index >= 15 is 0 Å². The van der Waals surface area contributed by atoms with Crippen molar-refractivity contribution in [2.45, 2.75) is 0 Å². The molecule has 0 N–H and O–H groups in total. The molecular weight excluding hydrogens is 673 g/mol. The van der Waals surface area contributed by atoms with E-state index in [9.17, 15) is 0 Å². The highest BCUT2D eigenvalue weighted by atomic mass is 16.3. The highest BCUT2D eigenvalue weighted by molar-refractivity contribution is 6.13. The van der Waals surface area contributed by atoms with Crippen LogP contribution >= 0.6 is 0 Å². The third-order valence-corrected chi connectivity index (χ3v) is 10.0. The monoisotopic (exact) mass is 704 g/mol. The molecule has 3 aromatic heterocycles. The number of nitrogens with zero attached hydrogens (tertiary/aromatic N) is 4. The standard InChI is InChI=1S/C50H32N4O/c1-4-12-33(13-5-1)34-22-24-35(25-23-34)44-28-26-41(32-51-44)42-20-11-21-46-47(42)43-31-39(27-29-45(43)55-46)38-18-10-19-40(30-38)50-53-48(36-14-6-2-7-15-36)52-49(54-50)37-16-8-3-9-17-37/h1-32H. The van der Waals surface area contributed by atoms with Crippen LogP contribution in [0.1, 0.15) is 0 Å². The molecule has 0 amide bonds. The molecule has 10 rings (SSSR count). The summed E-state index contributed by atoms with van der Waals surface area (Å²) in [6, 6.07) is 64.3.